The van der Waals surface area contributed by atoms with Gasteiger partial charge in [0.2, 0.25) is 0 Å². The Labute approximate surface area is 92.1 Å². The first-order valence-electron chi connectivity index (χ1n) is 4.59. The molecule has 0 spiro atoms. The summed E-state index contributed by atoms with van der Waals surface area (Å²) in [5, 5.41) is 9.78. The first-order valence-corrected chi connectivity index (χ1v) is 5.58. The minimum absolute atomic E-state index is 0.0378. The lowest BCUT2D eigenvalue weighted by molar-refractivity contribution is 0.281. The predicted octanol–water partition coefficient (Wildman–Crippen LogP) is 2.46. The molecule has 78 valence electrons. The second kappa shape index (κ2) is 5.00. The second-order valence-corrected chi connectivity index (χ2v) is 4.03. The molecule has 0 aliphatic heterocycles. The van der Waals surface area contributed by atoms with Gasteiger partial charge in [-0.25, -0.2) is 4.98 Å². The van der Waals surface area contributed by atoms with Crippen LogP contribution in [0.25, 0.3) is 0 Å². The van der Waals surface area contributed by atoms with Crippen LogP contribution in [0, 0.1) is 0 Å². The number of furan rings is 1. The van der Waals surface area contributed by atoms with E-state index >= 15 is 0 Å². The second-order valence-electron chi connectivity index (χ2n) is 3.03. The van der Waals surface area contributed by atoms with Crippen molar-refractivity contribution in [1.29, 1.82) is 0 Å². The molecule has 2 aromatic rings. The normalized spacial score (nSPS) is 10.5. The van der Waals surface area contributed by atoms with Gasteiger partial charge in [0.15, 0.2) is 0 Å². The third-order valence-corrected chi connectivity index (χ3v) is 2.89. The zero-order valence-corrected chi connectivity index (χ0v) is 8.91. The van der Waals surface area contributed by atoms with Crippen molar-refractivity contribution in [3.05, 3.63) is 48.0 Å². The summed E-state index contributed by atoms with van der Waals surface area (Å²) in [5.41, 5.74) is 0.831. The van der Waals surface area contributed by atoms with E-state index in [1.807, 2.05) is 24.3 Å². The first kappa shape index (κ1) is 10.3. The van der Waals surface area contributed by atoms with Gasteiger partial charge in [-0.15, -0.1) is 0 Å². The maximum atomic E-state index is 8.85. The number of pyridine rings is 1. The highest BCUT2D eigenvalue weighted by molar-refractivity contribution is 7.98. The lowest BCUT2D eigenvalue weighted by Crippen LogP contribution is -1.86. The van der Waals surface area contributed by atoms with Crippen molar-refractivity contribution in [3.8, 4) is 0 Å². The van der Waals surface area contributed by atoms with Crippen molar-refractivity contribution < 1.29 is 9.52 Å². The molecule has 0 aliphatic rings. The Bertz CT molecular complexity index is 397. The van der Waals surface area contributed by atoms with Crippen molar-refractivity contribution >= 4 is 11.8 Å². The average molecular weight is 221 g/mol. The molecule has 2 rings (SSSR count). The number of rotatable bonds is 4. The smallest absolute Gasteiger partial charge is 0.114 e. The van der Waals surface area contributed by atoms with E-state index in [4.69, 9.17) is 9.52 Å². The zero-order valence-electron chi connectivity index (χ0n) is 8.09. The van der Waals surface area contributed by atoms with E-state index in [0.29, 0.717) is 0 Å². The minimum Gasteiger partial charge on any atom is -0.468 e. The highest BCUT2D eigenvalue weighted by Gasteiger charge is 1.99. The highest BCUT2D eigenvalue weighted by Crippen LogP contribution is 2.20. The van der Waals surface area contributed by atoms with Gasteiger partial charge in [0.1, 0.15) is 5.76 Å². The van der Waals surface area contributed by atoms with Crippen LogP contribution in [0.5, 0.6) is 0 Å². The van der Waals surface area contributed by atoms with E-state index in [1.54, 1.807) is 24.2 Å². The molecule has 0 aromatic carbocycles. The summed E-state index contributed by atoms with van der Waals surface area (Å²) in [6, 6.07) is 7.59. The standard InChI is InChI=1S/C11H11NO2S/c13-7-9-3-4-11(12-6-9)15-8-10-2-1-5-14-10/h1-6,13H,7-8H2. The topological polar surface area (TPSA) is 46.3 Å². The van der Waals surface area contributed by atoms with Gasteiger partial charge >= 0.3 is 0 Å². The molecule has 3 nitrogen and oxygen atoms in total. The van der Waals surface area contributed by atoms with E-state index < -0.39 is 0 Å². The van der Waals surface area contributed by atoms with Crippen LogP contribution < -0.4 is 0 Å². The molecular weight excluding hydrogens is 210 g/mol. The molecular formula is C11H11NO2S. The number of aliphatic hydroxyl groups excluding tert-OH is 1. The average Bonchev–Trinajstić information content (AvgIpc) is 2.80. The molecule has 0 bridgehead atoms. The van der Waals surface area contributed by atoms with E-state index in [2.05, 4.69) is 4.98 Å². The number of aromatic nitrogens is 1. The zero-order chi connectivity index (χ0) is 10.5. The number of aliphatic hydroxyl groups is 1. The van der Waals surface area contributed by atoms with Gasteiger partial charge in [-0.3, -0.25) is 0 Å². The molecule has 15 heavy (non-hydrogen) atoms. The number of nitrogens with zero attached hydrogens (tertiary/aromatic N) is 1. The fraction of sp³-hybridized carbons (Fsp3) is 0.182. The van der Waals surface area contributed by atoms with E-state index in [-0.39, 0.29) is 6.61 Å². The van der Waals surface area contributed by atoms with Crippen LogP contribution in [0.2, 0.25) is 0 Å². The van der Waals surface area contributed by atoms with Gasteiger partial charge in [-0.2, -0.15) is 0 Å². The van der Waals surface area contributed by atoms with Gasteiger partial charge in [0.25, 0.3) is 0 Å². The van der Waals surface area contributed by atoms with Crippen LogP contribution in [0.1, 0.15) is 11.3 Å². The molecule has 0 saturated carbocycles. The molecule has 4 heteroatoms. The molecule has 0 unspecified atom stereocenters. The van der Waals surface area contributed by atoms with Crippen molar-refractivity contribution in [3.63, 3.8) is 0 Å². The summed E-state index contributed by atoms with van der Waals surface area (Å²) in [7, 11) is 0. The maximum absolute atomic E-state index is 8.85. The van der Waals surface area contributed by atoms with Crippen LogP contribution >= 0.6 is 11.8 Å². The fourth-order valence-electron chi connectivity index (χ4n) is 1.13. The summed E-state index contributed by atoms with van der Waals surface area (Å²) in [6.07, 6.45) is 3.35. The summed E-state index contributed by atoms with van der Waals surface area (Å²) < 4.78 is 5.21. The van der Waals surface area contributed by atoms with Crippen LogP contribution in [0.3, 0.4) is 0 Å². The van der Waals surface area contributed by atoms with Gasteiger partial charge in [-0.05, 0) is 23.8 Å². The number of hydrogen-bond acceptors (Lipinski definition) is 4. The van der Waals surface area contributed by atoms with E-state index in [0.717, 1.165) is 22.1 Å². The Morgan fingerprint density at radius 1 is 1.33 bits per heavy atom. The Hall–Kier alpha value is -1.26. The summed E-state index contributed by atoms with van der Waals surface area (Å²) in [5.74, 6) is 1.71. The van der Waals surface area contributed by atoms with Crippen LogP contribution in [0.4, 0.5) is 0 Å². The highest BCUT2D eigenvalue weighted by atomic mass is 32.2. The van der Waals surface area contributed by atoms with Gasteiger partial charge in [0.05, 0.1) is 23.6 Å². The van der Waals surface area contributed by atoms with E-state index in [9.17, 15) is 0 Å². The summed E-state index contributed by atoms with van der Waals surface area (Å²) >= 11 is 1.61. The molecule has 0 amide bonds. The Balaban J connectivity index is 1.93. The molecule has 0 radical (unpaired) electrons. The molecule has 1 N–H and O–H groups in total. The summed E-state index contributed by atoms with van der Waals surface area (Å²) in [6.45, 7) is 0.0378. The quantitative estimate of drug-likeness (QED) is 0.805. The molecule has 2 heterocycles. The molecule has 0 atom stereocenters. The van der Waals surface area contributed by atoms with Gasteiger partial charge in [-0.1, -0.05) is 17.8 Å². The van der Waals surface area contributed by atoms with Gasteiger partial charge in [0, 0.05) is 6.20 Å². The monoisotopic (exact) mass is 221 g/mol. The SMILES string of the molecule is OCc1ccc(SCc2ccco2)nc1. The third kappa shape index (κ3) is 2.84. The van der Waals surface area contributed by atoms with Crippen LogP contribution in [-0.4, -0.2) is 10.1 Å². The Morgan fingerprint density at radius 2 is 2.27 bits per heavy atom. The predicted molar refractivity (Wildman–Crippen MR) is 58.4 cm³/mol. The molecule has 2 aromatic heterocycles. The van der Waals surface area contributed by atoms with Crippen LogP contribution in [-0.2, 0) is 12.4 Å². The lowest BCUT2D eigenvalue weighted by Gasteiger charge is -1.99. The van der Waals surface area contributed by atoms with Crippen molar-refractivity contribution in [2.24, 2.45) is 0 Å². The minimum atomic E-state index is 0.0378. The first-order chi connectivity index (χ1) is 7.38. The maximum Gasteiger partial charge on any atom is 0.114 e. The number of hydrogen-bond donors (Lipinski definition) is 1. The summed E-state index contributed by atoms with van der Waals surface area (Å²) in [4.78, 5) is 4.21. The van der Waals surface area contributed by atoms with Crippen molar-refractivity contribution in [1.82, 2.24) is 4.98 Å². The molecule has 0 saturated heterocycles. The van der Waals surface area contributed by atoms with E-state index in [1.165, 1.54) is 0 Å². The van der Waals surface area contributed by atoms with Crippen LogP contribution in [0.15, 0.2) is 46.2 Å². The fourth-order valence-corrected chi connectivity index (χ4v) is 1.88. The molecule has 0 fully saturated rings. The Kier molecular flexibility index (Phi) is 3.42. The molecule has 0 aliphatic carbocycles. The third-order valence-electron chi connectivity index (χ3n) is 1.92. The largest absolute Gasteiger partial charge is 0.468 e. The number of thioether (sulfide) groups is 1. The van der Waals surface area contributed by atoms with Crippen molar-refractivity contribution in [2.75, 3.05) is 0 Å². The Morgan fingerprint density at radius 3 is 2.87 bits per heavy atom. The van der Waals surface area contributed by atoms with Crippen molar-refractivity contribution in [2.45, 2.75) is 17.4 Å². The van der Waals surface area contributed by atoms with Gasteiger partial charge < -0.3 is 9.52 Å². The lowest BCUT2D eigenvalue weighted by atomic mass is 10.3.